The predicted octanol–water partition coefficient (Wildman–Crippen LogP) is 1.05. The molecule has 0 unspecified atom stereocenters. The van der Waals surface area contributed by atoms with Crippen molar-refractivity contribution in [3.8, 4) is 5.75 Å². The average molecular weight is 247 g/mol. The summed E-state index contributed by atoms with van der Waals surface area (Å²) in [5.41, 5.74) is 0. The minimum absolute atomic E-state index is 0.0874. The van der Waals surface area contributed by atoms with Crippen LogP contribution in [0.3, 0.4) is 0 Å². The van der Waals surface area contributed by atoms with Crippen molar-refractivity contribution >= 4 is 27.7 Å². The molecule has 0 aliphatic heterocycles. The highest BCUT2D eigenvalue weighted by Crippen LogP contribution is 2.23. The SMILES string of the molecule is O=C(O)CNc1ncc(Br)cc1O. The Morgan fingerprint density at radius 3 is 2.92 bits per heavy atom. The lowest BCUT2D eigenvalue weighted by Crippen LogP contribution is -2.13. The van der Waals surface area contributed by atoms with Crippen molar-refractivity contribution in [2.24, 2.45) is 0 Å². The van der Waals surface area contributed by atoms with Crippen molar-refractivity contribution < 1.29 is 15.0 Å². The van der Waals surface area contributed by atoms with Crippen molar-refractivity contribution in [1.29, 1.82) is 0 Å². The Bertz CT molecular complexity index is 330. The monoisotopic (exact) mass is 246 g/mol. The van der Waals surface area contributed by atoms with Crippen LogP contribution >= 0.6 is 15.9 Å². The molecule has 5 nitrogen and oxygen atoms in total. The van der Waals surface area contributed by atoms with Gasteiger partial charge in [-0.2, -0.15) is 0 Å². The van der Waals surface area contributed by atoms with E-state index in [0.717, 1.165) is 0 Å². The van der Waals surface area contributed by atoms with Crippen LogP contribution in [0, 0.1) is 0 Å². The van der Waals surface area contributed by atoms with Crippen LogP contribution in [0.2, 0.25) is 0 Å². The van der Waals surface area contributed by atoms with E-state index >= 15 is 0 Å². The summed E-state index contributed by atoms with van der Waals surface area (Å²) in [6, 6.07) is 1.43. The highest BCUT2D eigenvalue weighted by molar-refractivity contribution is 9.10. The Hall–Kier alpha value is -1.30. The van der Waals surface area contributed by atoms with Gasteiger partial charge in [-0.25, -0.2) is 4.98 Å². The van der Waals surface area contributed by atoms with E-state index < -0.39 is 5.97 Å². The second-order valence-corrected chi connectivity index (χ2v) is 3.18. The van der Waals surface area contributed by atoms with E-state index in [9.17, 15) is 9.90 Å². The summed E-state index contributed by atoms with van der Waals surface area (Å²) in [6.07, 6.45) is 1.46. The molecule has 1 aromatic rings. The van der Waals surface area contributed by atoms with Gasteiger partial charge in [-0.05, 0) is 22.0 Å². The van der Waals surface area contributed by atoms with Crippen molar-refractivity contribution in [1.82, 2.24) is 4.98 Å². The molecule has 1 rings (SSSR count). The van der Waals surface area contributed by atoms with Crippen molar-refractivity contribution in [3.63, 3.8) is 0 Å². The molecule has 1 aromatic heterocycles. The van der Waals surface area contributed by atoms with Gasteiger partial charge in [-0.15, -0.1) is 0 Å². The number of carboxylic acids is 1. The Morgan fingerprint density at radius 2 is 2.38 bits per heavy atom. The van der Waals surface area contributed by atoms with E-state index in [4.69, 9.17) is 5.11 Å². The first kappa shape index (κ1) is 9.79. The minimum Gasteiger partial charge on any atom is -0.504 e. The van der Waals surface area contributed by atoms with Gasteiger partial charge in [0.15, 0.2) is 11.6 Å². The Balaban J connectivity index is 2.72. The third-order valence-corrected chi connectivity index (χ3v) is 1.67. The second-order valence-electron chi connectivity index (χ2n) is 2.27. The molecule has 0 saturated heterocycles. The van der Waals surface area contributed by atoms with Crippen LogP contribution in [0.15, 0.2) is 16.7 Å². The van der Waals surface area contributed by atoms with Crippen LogP contribution in [0.4, 0.5) is 5.82 Å². The zero-order valence-electron chi connectivity index (χ0n) is 6.49. The van der Waals surface area contributed by atoms with E-state index in [0.29, 0.717) is 4.47 Å². The van der Waals surface area contributed by atoms with Gasteiger partial charge in [-0.1, -0.05) is 0 Å². The van der Waals surface area contributed by atoms with E-state index in [1.54, 1.807) is 0 Å². The number of nitrogens with one attached hydrogen (secondary N) is 1. The molecule has 3 N–H and O–H groups in total. The first-order valence-electron chi connectivity index (χ1n) is 3.40. The smallest absolute Gasteiger partial charge is 0.322 e. The molecule has 0 radical (unpaired) electrons. The summed E-state index contributed by atoms with van der Waals surface area (Å²) in [7, 11) is 0. The van der Waals surface area contributed by atoms with Crippen LogP contribution in [0.25, 0.3) is 0 Å². The van der Waals surface area contributed by atoms with Gasteiger partial charge in [0.25, 0.3) is 0 Å². The van der Waals surface area contributed by atoms with Gasteiger partial charge in [-0.3, -0.25) is 4.79 Å². The molecule has 0 spiro atoms. The largest absolute Gasteiger partial charge is 0.504 e. The highest BCUT2D eigenvalue weighted by atomic mass is 79.9. The summed E-state index contributed by atoms with van der Waals surface area (Å²) in [4.78, 5) is 13.9. The topological polar surface area (TPSA) is 82.5 Å². The van der Waals surface area contributed by atoms with Crippen LogP contribution in [-0.4, -0.2) is 27.7 Å². The number of aromatic nitrogens is 1. The summed E-state index contributed by atoms with van der Waals surface area (Å²) >= 11 is 3.11. The lowest BCUT2D eigenvalue weighted by Gasteiger charge is -2.04. The molecule has 0 aliphatic rings. The first-order valence-corrected chi connectivity index (χ1v) is 4.19. The maximum Gasteiger partial charge on any atom is 0.322 e. The second kappa shape index (κ2) is 4.08. The molecule has 13 heavy (non-hydrogen) atoms. The zero-order chi connectivity index (χ0) is 9.84. The van der Waals surface area contributed by atoms with Gasteiger partial charge < -0.3 is 15.5 Å². The van der Waals surface area contributed by atoms with Crippen LogP contribution in [0.1, 0.15) is 0 Å². The number of carbonyl (C=O) groups is 1. The van der Waals surface area contributed by atoms with E-state index in [-0.39, 0.29) is 18.1 Å². The lowest BCUT2D eigenvalue weighted by atomic mass is 10.4. The molecule has 0 saturated carbocycles. The van der Waals surface area contributed by atoms with Gasteiger partial charge in [0, 0.05) is 10.7 Å². The number of carboxylic acid groups (broad SMARTS) is 1. The number of hydrogen-bond donors (Lipinski definition) is 3. The maximum absolute atomic E-state index is 10.2. The number of anilines is 1. The Kier molecular flexibility index (Phi) is 3.07. The van der Waals surface area contributed by atoms with Crippen LogP contribution in [0.5, 0.6) is 5.75 Å². The fourth-order valence-corrected chi connectivity index (χ4v) is 1.04. The third kappa shape index (κ3) is 2.90. The maximum atomic E-state index is 10.2. The molecule has 0 aliphatic carbocycles. The van der Waals surface area contributed by atoms with Crippen molar-refractivity contribution in [2.75, 3.05) is 11.9 Å². The number of aliphatic carboxylic acids is 1. The molecule has 0 atom stereocenters. The predicted molar refractivity (Wildman–Crippen MR) is 49.7 cm³/mol. The van der Waals surface area contributed by atoms with Crippen molar-refractivity contribution in [2.45, 2.75) is 0 Å². The van der Waals surface area contributed by atoms with Gasteiger partial charge >= 0.3 is 5.97 Å². The standard InChI is InChI=1S/C7H7BrN2O3/c8-4-1-5(11)7(9-2-4)10-3-6(12)13/h1-2,11H,3H2,(H,9,10)(H,12,13). The van der Waals surface area contributed by atoms with E-state index in [1.807, 2.05) is 0 Å². The minimum atomic E-state index is -1.01. The molecule has 0 amide bonds. The average Bonchev–Trinajstić information content (AvgIpc) is 2.02. The fraction of sp³-hybridized carbons (Fsp3) is 0.143. The third-order valence-electron chi connectivity index (χ3n) is 1.24. The molecule has 0 bridgehead atoms. The summed E-state index contributed by atoms with van der Waals surface area (Å²) in [5.74, 6) is -0.939. The molecular formula is C7H7BrN2O3. The van der Waals surface area contributed by atoms with Gasteiger partial charge in [0.2, 0.25) is 0 Å². The number of aromatic hydroxyl groups is 1. The first-order chi connectivity index (χ1) is 6.09. The molecule has 70 valence electrons. The van der Waals surface area contributed by atoms with Gasteiger partial charge in [0.1, 0.15) is 6.54 Å². The van der Waals surface area contributed by atoms with Gasteiger partial charge in [0.05, 0.1) is 0 Å². The molecule has 6 heteroatoms. The summed E-state index contributed by atoms with van der Waals surface area (Å²) in [5, 5.41) is 20.1. The number of nitrogens with zero attached hydrogens (tertiary/aromatic N) is 1. The van der Waals surface area contributed by atoms with Crippen LogP contribution < -0.4 is 5.32 Å². The lowest BCUT2D eigenvalue weighted by molar-refractivity contribution is -0.134. The molecule has 0 aromatic carbocycles. The van der Waals surface area contributed by atoms with E-state index in [2.05, 4.69) is 26.2 Å². The number of hydrogen-bond acceptors (Lipinski definition) is 4. The Labute approximate surface area is 82.5 Å². The van der Waals surface area contributed by atoms with Crippen molar-refractivity contribution in [3.05, 3.63) is 16.7 Å². The van der Waals surface area contributed by atoms with E-state index in [1.165, 1.54) is 12.3 Å². The Morgan fingerprint density at radius 1 is 1.69 bits per heavy atom. The van der Waals surface area contributed by atoms with Crippen LogP contribution in [-0.2, 0) is 4.79 Å². The fourth-order valence-electron chi connectivity index (χ4n) is 0.724. The molecule has 0 fully saturated rings. The normalized spacial score (nSPS) is 9.62. The quantitative estimate of drug-likeness (QED) is 0.743. The number of rotatable bonds is 3. The zero-order valence-corrected chi connectivity index (χ0v) is 8.08. The number of pyridine rings is 1. The summed E-state index contributed by atoms with van der Waals surface area (Å²) < 4.78 is 0.630. The highest BCUT2D eigenvalue weighted by Gasteiger charge is 2.04. The molecular weight excluding hydrogens is 240 g/mol. The number of halogens is 1. The summed E-state index contributed by atoms with van der Waals surface area (Å²) in [6.45, 7) is -0.276. The molecule has 1 heterocycles.